The number of hydrogen-bond donors (Lipinski definition) is 2. The summed E-state index contributed by atoms with van der Waals surface area (Å²) in [6.45, 7) is 5.22. The number of anilines is 2. The highest BCUT2D eigenvalue weighted by Crippen LogP contribution is 2.20. The van der Waals surface area contributed by atoms with Gasteiger partial charge in [-0.15, -0.1) is 11.8 Å². The Morgan fingerprint density at radius 1 is 1.31 bits per heavy atom. The molecule has 0 aliphatic carbocycles. The lowest BCUT2D eigenvalue weighted by molar-refractivity contribution is 0.894. The van der Waals surface area contributed by atoms with E-state index in [0.29, 0.717) is 5.95 Å². The first-order chi connectivity index (χ1) is 7.76. The third-order valence-corrected chi connectivity index (χ3v) is 3.02. The lowest BCUT2D eigenvalue weighted by Crippen LogP contribution is -2.05. The van der Waals surface area contributed by atoms with Gasteiger partial charge >= 0.3 is 0 Å². The van der Waals surface area contributed by atoms with E-state index in [1.54, 1.807) is 11.8 Å². The van der Waals surface area contributed by atoms with E-state index in [0.717, 1.165) is 29.6 Å². The van der Waals surface area contributed by atoms with Crippen LogP contribution in [0, 0.1) is 0 Å². The molecule has 90 valence electrons. The van der Waals surface area contributed by atoms with Crippen LogP contribution >= 0.6 is 11.8 Å². The van der Waals surface area contributed by atoms with Crippen LogP contribution in [0.5, 0.6) is 0 Å². The first-order valence-corrected chi connectivity index (χ1v) is 6.76. The minimum absolute atomic E-state index is 0.347. The minimum Gasteiger partial charge on any atom is -0.370 e. The molecule has 1 aromatic heterocycles. The van der Waals surface area contributed by atoms with Crippen LogP contribution < -0.4 is 11.1 Å². The third kappa shape index (κ3) is 4.70. The number of aromatic nitrogens is 2. The summed E-state index contributed by atoms with van der Waals surface area (Å²) in [5.74, 6) is 2.26. The van der Waals surface area contributed by atoms with Crippen molar-refractivity contribution in [3.8, 4) is 0 Å². The second-order valence-corrected chi connectivity index (χ2v) is 4.69. The van der Waals surface area contributed by atoms with Gasteiger partial charge in [0, 0.05) is 12.6 Å². The first-order valence-electron chi connectivity index (χ1n) is 5.77. The van der Waals surface area contributed by atoms with Gasteiger partial charge in [-0.25, -0.2) is 4.98 Å². The molecule has 0 saturated heterocycles. The van der Waals surface area contributed by atoms with Gasteiger partial charge in [-0.1, -0.05) is 20.3 Å². The highest BCUT2D eigenvalue weighted by Gasteiger charge is 2.02. The second kappa shape index (κ2) is 7.33. The topological polar surface area (TPSA) is 63.8 Å². The number of unbranched alkanes of at least 4 members (excludes halogenated alkanes) is 1. The maximum Gasteiger partial charge on any atom is 0.223 e. The lowest BCUT2D eigenvalue weighted by atomic mass is 10.4. The number of nitrogens with two attached hydrogens (primary N) is 1. The summed E-state index contributed by atoms with van der Waals surface area (Å²) in [7, 11) is 0. The van der Waals surface area contributed by atoms with Crippen LogP contribution in [0.1, 0.15) is 33.1 Å². The SMILES string of the molecule is CCCCSc1cc(NCCC)nc(N)n1. The molecular formula is C11H20N4S. The number of thioether (sulfide) groups is 1. The molecule has 0 aromatic carbocycles. The Balaban J connectivity index is 2.58. The molecule has 0 aliphatic rings. The quantitative estimate of drug-likeness (QED) is 0.436. The van der Waals surface area contributed by atoms with Crippen LogP contribution in [0.4, 0.5) is 11.8 Å². The van der Waals surface area contributed by atoms with E-state index in [1.165, 1.54) is 12.8 Å². The fourth-order valence-electron chi connectivity index (χ4n) is 1.18. The Morgan fingerprint density at radius 2 is 2.12 bits per heavy atom. The van der Waals surface area contributed by atoms with Crippen molar-refractivity contribution in [2.24, 2.45) is 0 Å². The molecule has 1 rings (SSSR count). The highest BCUT2D eigenvalue weighted by atomic mass is 32.2. The van der Waals surface area contributed by atoms with Crippen molar-refractivity contribution in [1.82, 2.24) is 9.97 Å². The van der Waals surface area contributed by atoms with Crippen molar-refractivity contribution < 1.29 is 0 Å². The van der Waals surface area contributed by atoms with Gasteiger partial charge in [0.15, 0.2) is 0 Å². The molecule has 0 radical (unpaired) electrons. The molecule has 0 bridgehead atoms. The average molecular weight is 240 g/mol. The van der Waals surface area contributed by atoms with Gasteiger partial charge in [0.1, 0.15) is 10.8 Å². The van der Waals surface area contributed by atoms with Crippen LogP contribution in [0.2, 0.25) is 0 Å². The van der Waals surface area contributed by atoms with Gasteiger partial charge in [-0.3, -0.25) is 0 Å². The predicted molar refractivity (Wildman–Crippen MR) is 70.9 cm³/mol. The number of rotatable bonds is 7. The van der Waals surface area contributed by atoms with E-state index in [2.05, 4.69) is 29.1 Å². The van der Waals surface area contributed by atoms with Crippen molar-refractivity contribution in [2.75, 3.05) is 23.3 Å². The van der Waals surface area contributed by atoms with Crippen molar-refractivity contribution in [3.63, 3.8) is 0 Å². The Bertz CT molecular complexity index is 317. The van der Waals surface area contributed by atoms with Crippen molar-refractivity contribution in [3.05, 3.63) is 6.07 Å². The van der Waals surface area contributed by atoms with E-state index in [1.807, 2.05) is 6.07 Å². The molecule has 0 atom stereocenters. The lowest BCUT2D eigenvalue weighted by Gasteiger charge is -2.06. The van der Waals surface area contributed by atoms with E-state index < -0.39 is 0 Å². The zero-order valence-electron chi connectivity index (χ0n) is 9.99. The van der Waals surface area contributed by atoms with E-state index >= 15 is 0 Å². The average Bonchev–Trinajstić information content (AvgIpc) is 2.26. The van der Waals surface area contributed by atoms with E-state index in [9.17, 15) is 0 Å². The normalized spacial score (nSPS) is 10.4. The predicted octanol–water partition coefficient (Wildman–Crippen LogP) is 2.77. The zero-order valence-corrected chi connectivity index (χ0v) is 10.8. The van der Waals surface area contributed by atoms with Crippen LogP contribution in [0.3, 0.4) is 0 Å². The van der Waals surface area contributed by atoms with E-state index in [-0.39, 0.29) is 0 Å². The molecule has 1 heterocycles. The Kier molecular flexibility index (Phi) is 6.00. The Hall–Kier alpha value is -0.970. The Labute approximate surface area is 101 Å². The number of nitrogens with zero attached hydrogens (tertiary/aromatic N) is 2. The molecule has 5 heteroatoms. The molecule has 0 amide bonds. The zero-order chi connectivity index (χ0) is 11.8. The summed E-state index contributed by atoms with van der Waals surface area (Å²) in [5.41, 5.74) is 5.66. The summed E-state index contributed by atoms with van der Waals surface area (Å²) in [5, 5.41) is 4.18. The van der Waals surface area contributed by atoms with Gasteiger partial charge < -0.3 is 11.1 Å². The van der Waals surface area contributed by atoms with Gasteiger partial charge in [-0.05, 0) is 18.6 Å². The fraction of sp³-hybridized carbons (Fsp3) is 0.636. The molecule has 0 unspecified atom stereocenters. The monoisotopic (exact) mass is 240 g/mol. The van der Waals surface area contributed by atoms with Crippen molar-refractivity contribution in [2.45, 2.75) is 38.1 Å². The molecule has 0 aliphatic heterocycles. The van der Waals surface area contributed by atoms with Gasteiger partial charge in [-0.2, -0.15) is 4.98 Å². The molecule has 1 aromatic rings. The number of nitrogen functional groups attached to an aromatic ring is 1. The summed E-state index contributed by atoms with van der Waals surface area (Å²) in [6.07, 6.45) is 3.48. The van der Waals surface area contributed by atoms with Crippen molar-refractivity contribution >= 4 is 23.5 Å². The smallest absolute Gasteiger partial charge is 0.223 e. The summed E-state index contributed by atoms with van der Waals surface area (Å²) >= 11 is 1.74. The molecule has 3 N–H and O–H groups in total. The third-order valence-electron chi connectivity index (χ3n) is 2.02. The van der Waals surface area contributed by atoms with Gasteiger partial charge in [0.2, 0.25) is 5.95 Å². The second-order valence-electron chi connectivity index (χ2n) is 3.58. The maximum atomic E-state index is 5.66. The van der Waals surface area contributed by atoms with Crippen LogP contribution in [0.25, 0.3) is 0 Å². The molecule has 0 fully saturated rings. The van der Waals surface area contributed by atoms with Crippen molar-refractivity contribution in [1.29, 1.82) is 0 Å². The molecule has 16 heavy (non-hydrogen) atoms. The summed E-state index contributed by atoms with van der Waals surface area (Å²) in [4.78, 5) is 8.35. The summed E-state index contributed by atoms with van der Waals surface area (Å²) in [6, 6.07) is 1.96. The summed E-state index contributed by atoms with van der Waals surface area (Å²) < 4.78 is 0. The van der Waals surface area contributed by atoms with Crippen LogP contribution in [-0.2, 0) is 0 Å². The molecular weight excluding hydrogens is 220 g/mol. The largest absolute Gasteiger partial charge is 0.370 e. The molecule has 4 nitrogen and oxygen atoms in total. The molecule has 0 spiro atoms. The number of nitrogens with one attached hydrogen (secondary N) is 1. The number of hydrogen-bond acceptors (Lipinski definition) is 5. The highest BCUT2D eigenvalue weighted by molar-refractivity contribution is 7.99. The van der Waals surface area contributed by atoms with Crippen LogP contribution in [0.15, 0.2) is 11.1 Å². The van der Waals surface area contributed by atoms with Gasteiger partial charge in [0.05, 0.1) is 0 Å². The minimum atomic E-state index is 0.347. The fourth-order valence-corrected chi connectivity index (χ4v) is 2.18. The van der Waals surface area contributed by atoms with E-state index in [4.69, 9.17) is 5.73 Å². The Morgan fingerprint density at radius 3 is 2.81 bits per heavy atom. The standard InChI is InChI=1S/C11H20N4S/c1-3-5-7-16-10-8-9(13-6-4-2)14-11(12)15-10/h8H,3-7H2,1-2H3,(H3,12,13,14,15). The molecule has 0 saturated carbocycles. The first kappa shape index (κ1) is 13.1. The van der Waals surface area contributed by atoms with Crippen LogP contribution in [-0.4, -0.2) is 22.3 Å². The van der Waals surface area contributed by atoms with Gasteiger partial charge in [0.25, 0.3) is 0 Å². The maximum absolute atomic E-state index is 5.66.